The van der Waals surface area contributed by atoms with E-state index in [0.29, 0.717) is 24.6 Å². The second-order valence-corrected chi connectivity index (χ2v) is 6.90. The van der Waals surface area contributed by atoms with Gasteiger partial charge in [0.1, 0.15) is 6.10 Å². The van der Waals surface area contributed by atoms with E-state index in [1.165, 1.54) is 5.75 Å². The molecular formula is C11H17NO4S2. The van der Waals surface area contributed by atoms with Crippen LogP contribution in [0.1, 0.15) is 12.8 Å². The van der Waals surface area contributed by atoms with Crippen LogP contribution in [0.15, 0.2) is 0 Å². The molecule has 3 atom stereocenters. The molecule has 0 saturated carbocycles. The molecule has 0 aromatic heterocycles. The Morgan fingerprint density at radius 3 is 2.67 bits per heavy atom. The zero-order chi connectivity index (χ0) is 13.0. The van der Waals surface area contributed by atoms with Crippen molar-refractivity contribution in [3.05, 3.63) is 0 Å². The quantitative estimate of drug-likeness (QED) is 0.789. The lowest BCUT2D eigenvalue weighted by molar-refractivity contribution is -0.151. The van der Waals surface area contributed by atoms with E-state index in [2.05, 4.69) is 5.32 Å². The number of aliphatic carboxylic acids is 1. The standard InChI is InChI=1S/C11H17NO4S2/c13-10(8-1-2-9(16-8)11(14)15)12-5-7-6-17-3-4-18-7/h7-9H,1-6H2,(H,12,13)(H,14,15)/t7?,8-,9+/m0/s1. The minimum Gasteiger partial charge on any atom is -0.479 e. The Kier molecular flexibility index (Phi) is 5.20. The number of carboxylic acids is 1. The summed E-state index contributed by atoms with van der Waals surface area (Å²) in [7, 11) is 0. The van der Waals surface area contributed by atoms with Gasteiger partial charge in [-0.05, 0) is 12.8 Å². The third-order valence-corrected chi connectivity index (χ3v) is 5.82. The summed E-state index contributed by atoms with van der Waals surface area (Å²) >= 11 is 3.79. The summed E-state index contributed by atoms with van der Waals surface area (Å²) in [6.07, 6.45) is -0.496. The van der Waals surface area contributed by atoms with Gasteiger partial charge in [0.2, 0.25) is 5.91 Å². The average Bonchev–Trinajstić information content (AvgIpc) is 2.87. The monoisotopic (exact) mass is 291 g/mol. The molecule has 7 heteroatoms. The van der Waals surface area contributed by atoms with Crippen LogP contribution in [0, 0.1) is 0 Å². The summed E-state index contributed by atoms with van der Waals surface area (Å²) in [4.78, 5) is 22.5. The van der Waals surface area contributed by atoms with E-state index in [9.17, 15) is 9.59 Å². The van der Waals surface area contributed by atoms with Crippen molar-refractivity contribution in [1.29, 1.82) is 0 Å². The van der Waals surface area contributed by atoms with E-state index >= 15 is 0 Å². The Bertz CT molecular complexity index is 320. The molecule has 0 bridgehead atoms. The first kappa shape index (κ1) is 14.0. The van der Waals surface area contributed by atoms with Crippen LogP contribution in [0.5, 0.6) is 0 Å². The molecule has 2 saturated heterocycles. The Labute approximate surface area is 114 Å². The number of ether oxygens (including phenoxy) is 1. The fourth-order valence-electron chi connectivity index (χ4n) is 1.99. The Morgan fingerprint density at radius 1 is 1.28 bits per heavy atom. The largest absolute Gasteiger partial charge is 0.479 e. The van der Waals surface area contributed by atoms with Crippen molar-refractivity contribution < 1.29 is 19.4 Å². The smallest absolute Gasteiger partial charge is 0.332 e. The number of hydrogen-bond donors (Lipinski definition) is 2. The number of carbonyl (C=O) groups excluding carboxylic acids is 1. The van der Waals surface area contributed by atoms with Crippen molar-refractivity contribution in [2.45, 2.75) is 30.3 Å². The van der Waals surface area contributed by atoms with Crippen LogP contribution in [0.4, 0.5) is 0 Å². The molecule has 0 aromatic carbocycles. The van der Waals surface area contributed by atoms with Crippen LogP contribution >= 0.6 is 23.5 Å². The van der Waals surface area contributed by atoms with E-state index in [0.717, 1.165) is 11.5 Å². The van der Waals surface area contributed by atoms with E-state index in [1.807, 2.05) is 23.5 Å². The van der Waals surface area contributed by atoms with E-state index in [1.54, 1.807) is 0 Å². The molecule has 1 amide bonds. The maximum absolute atomic E-state index is 11.8. The molecule has 2 heterocycles. The first-order valence-corrected chi connectivity index (χ1v) is 8.22. The molecule has 0 spiro atoms. The number of rotatable bonds is 4. The van der Waals surface area contributed by atoms with Crippen molar-refractivity contribution >= 4 is 35.4 Å². The lowest BCUT2D eigenvalue weighted by Crippen LogP contribution is -2.40. The summed E-state index contributed by atoms with van der Waals surface area (Å²) in [5, 5.41) is 12.1. The van der Waals surface area contributed by atoms with Crippen LogP contribution in [0.3, 0.4) is 0 Å². The van der Waals surface area contributed by atoms with Crippen LogP contribution in [-0.2, 0) is 14.3 Å². The van der Waals surface area contributed by atoms with Crippen LogP contribution < -0.4 is 5.32 Å². The Morgan fingerprint density at radius 2 is 2.06 bits per heavy atom. The lowest BCUT2D eigenvalue weighted by Gasteiger charge is -2.22. The molecule has 2 N–H and O–H groups in total. The molecule has 102 valence electrons. The molecule has 2 aliphatic heterocycles. The van der Waals surface area contributed by atoms with Crippen molar-refractivity contribution in [3.8, 4) is 0 Å². The predicted molar refractivity (Wildman–Crippen MR) is 72.1 cm³/mol. The highest BCUT2D eigenvalue weighted by atomic mass is 32.2. The van der Waals surface area contributed by atoms with Gasteiger partial charge in [-0.2, -0.15) is 23.5 Å². The van der Waals surface area contributed by atoms with Gasteiger partial charge in [0.05, 0.1) is 0 Å². The van der Waals surface area contributed by atoms with Gasteiger partial charge in [0, 0.05) is 29.1 Å². The van der Waals surface area contributed by atoms with Crippen molar-refractivity contribution in [2.75, 3.05) is 23.8 Å². The van der Waals surface area contributed by atoms with E-state index in [4.69, 9.17) is 9.84 Å². The molecule has 2 aliphatic rings. The fraction of sp³-hybridized carbons (Fsp3) is 0.818. The molecule has 2 rings (SSSR count). The van der Waals surface area contributed by atoms with Gasteiger partial charge in [0.25, 0.3) is 0 Å². The third-order valence-electron chi connectivity index (χ3n) is 2.98. The fourth-order valence-corrected chi connectivity index (χ4v) is 4.61. The minimum atomic E-state index is -0.982. The number of amides is 1. The van der Waals surface area contributed by atoms with Gasteiger partial charge in [0.15, 0.2) is 6.10 Å². The van der Waals surface area contributed by atoms with Crippen LogP contribution in [-0.4, -0.2) is 58.2 Å². The van der Waals surface area contributed by atoms with Crippen molar-refractivity contribution in [1.82, 2.24) is 5.32 Å². The van der Waals surface area contributed by atoms with Crippen LogP contribution in [0.25, 0.3) is 0 Å². The zero-order valence-electron chi connectivity index (χ0n) is 9.96. The molecule has 2 fully saturated rings. The minimum absolute atomic E-state index is 0.171. The molecular weight excluding hydrogens is 274 g/mol. The SMILES string of the molecule is O=C(NCC1CSCCS1)[C@@H]1CC[C@H](C(=O)O)O1. The number of nitrogens with one attached hydrogen (secondary N) is 1. The molecule has 0 aliphatic carbocycles. The number of thioether (sulfide) groups is 2. The van der Waals surface area contributed by atoms with Gasteiger partial charge in [-0.3, -0.25) is 4.79 Å². The van der Waals surface area contributed by atoms with Crippen molar-refractivity contribution in [3.63, 3.8) is 0 Å². The predicted octanol–water partition coefficient (Wildman–Crippen LogP) is 0.583. The highest BCUT2D eigenvalue weighted by molar-refractivity contribution is 8.06. The highest BCUT2D eigenvalue weighted by Crippen LogP contribution is 2.24. The Hall–Kier alpha value is -0.400. The maximum Gasteiger partial charge on any atom is 0.332 e. The average molecular weight is 291 g/mol. The van der Waals surface area contributed by atoms with E-state index < -0.39 is 18.2 Å². The third kappa shape index (κ3) is 3.80. The molecule has 18 heavy (non-hydrogen) atoms. The lowest BCUT2D eigenvalue weighted by atomic mass is 10.2. The molecule has 0 aromatic rings. The molecule has 0 radical (unpaired) electrons. The first-order valence-electron chi connectivity index (χ1n) is 6.02. The van der Waals surface area contributed by atoms with Gasteiger partial charge in [-0.15, -0.1) is 0 Å². The van der Waals surface area contributed by atoms with Crippen molar-refractivity contribution in [2.24, 2.45) is 0 Å². The number of hydrogen-bond acceptors (Lipinski definition) is 5. The first-order chi connectivity index (χ1) is 8.66. The van der Waals surface area contributed by atoms with Gasteiger partial charge in [-0.1, -0.05) is 0 Å². The summed E-state index contributed by atoms with van der Waals surface area (Å²) in [5.41, 5.74) is 0. The van der Waals surface area contributed by atoms with Gasteiger partial charge < -0.3 is 15.2 Å². The molecule has 5 nitrogen and oxygen atoms in total. The van der Waals surface area contributed by atoms with Crippen LogP contribution in [0.2, 0.25) is 0 Å². The summed E-state index contributed by atoms with van der Waals surface area (Å²) in [6, 6.07) is 0. The second kappa shape index (κ2) is 6.68. The van der Waals surface area contributed by atoms with E-state index in [-0.39, 0.29) is 5.91 Å². The summed E-state index contributed by atoms with van der Waals surface area (Å²) in [6.45, 7) is 0.647. The number of carboxylic acid groups (broad SMARTS) is 1. The van der Waals surface area contributed by atoms with Gasteiger partial charge in [-0.25, -0.2) is 4.79 Å². The zero-order valence-corrected chi connectivity index (χ0v) is 11.6. The molecule has 1 unspecified atom stereocenters. The normalized spacial score (nSPS) is 32.1. The summed E-state index contributed by atoms with van der Waals surface area (Å²) in [5.74, 6) is 2.22. The second-order valence-electron chi connectivity index (χ2n) is 4.34. The topological polar surface area (TPSA) is 75.6 Å². The number of carbonyl (C=O) groups is 2. The maximum atomic E-state index is 11.8. The highest BCUT2D eigenvalue weighted by Gasteiger charge is 2.34. The van der Waals surface area contributed by atoms with Gasteiger partial charge >= 0.3 is 5.97 Å². The Balaban J connectivity index is 1.70. The summed E-state index contributed by atoms with van der Waals surface area (Å²) < 4.78 is 5.20.